The second kappa shape index (κ2) is 9.32. The van der Waals surface area contributed by atoms with E-state index < -0.39 is 8.07 Å². The summed E-state index contributed by atoms with van der Waals surface area (Å²) in [5.74, 6) is 0.130. The SMILES string of the molecule is CSc1scc2c1C(=O)N(c1ccccc1)CC2c1ccn(COCC[Si](C)(C)C)n1. The number of hydrogen-bond donors (Lipinski definition) is 0. The number of benzene rings is 1. The largest absolute Gasteiger partial charge is 0.360 e. The summed E-state index contributed by atoms with van der Waals surface area (Å²) >= 11 is 3.29. The second-order valence-corrected chi connectivity index (χ2v) is 16.6. The Hall–Kier alpha value is -1.87. The summed E-state index contributed by atoms with van der Waals surface area (Å²) in [5.41, 5.74) is 3.83. The van der Waals surface area contributed by atoms with Gasteiger partial charge in [-0.25, -0.2) is 4.68 Å². The maximum Gasteiger partial charge on any atom is 0.260 e. The van der Waals surface area contributed by atoms with Crippen molar-refractivity contribution in [3.05, 3.63) is 64.8 Å². The van der Waals surface area contributed by atoms with Crippen molar-refractivity contribution in [2.75, 3.05) is 24.3 Å². The smallest absolute Gasteiger partial charge is 0.260 e. The van der Waals surface area contributed by atoms with E-state index in [0.29, 0.717) is 13.3 Å². The van der Waals surface area contributed by atoms with Gasteiger partial charge in [0.1, 0.15) is 6.73 Å². The van der Waals surface area contributed by atoms with Crippen LogP contribution in [0.2, 0.25) is 25.7 Å². The van der Waals surface area contributed by atoms with Gasteiger partial charge < -0.3 is 9.64 Å². The van der Waals surface area contributed by atoms with Gasteiger partial charge in [-0.05, 0) is 41.4 Å². The summed E-state index contributed by atoms with van der Waals surface area (Å²) in [6, 6.07) is 13.1. The van der Waals surface area contributed by atoms with E-state index in [9.17, 15) is 4.79 Å². The molecule has 1 amide bonds. The van der Waals surface area contributed by atoms with Crippen LogP contribution in [-0.4, -0.2) is 43.2 Å². The Morgan fingerprint density at radius 2 is 2.00 bits per heavy atom. The van der Waals surface area contributed by atoms with Crippen LogP contribution >= 0.6 is 23.1 Å². The van der Waals surface area contributed by atoms with Gasteiger partial charge in [0.05, 0.1) is 15.5 Å². The van der Waals surface area contributed by atoms with Gasteiger partial charge in [0.25, 0.3) is 5.91 Å². The fourth-order valence-corrected chi connectivity index (χ4v) is 6.26. The van der Waals surface area contributed by atoms with Gasteiger partial charge in [0, 0.05) is 39.0 Å². The van der Waals surface area contributed by atoms with Crippen LogP contribution in [0.4, 0.5) is 5.69 Å². The summed E-state index contributed by atoms with van der Waals surface area (Å²) in [6.45, 7) is 8.89. The third-order valence-electron chi connectivity index (χ3n) is 5.48. The first-order valence-corrected chi connectivity index (χ1v) is 16.3. The number of rotatable bonds is 8. The molecule has 2 aromatic heterocycles. The average Bonchev–Trinajstić information content (AvgIpc) is 3.39. The maximum atomic E-state index is 13.4. The highest BCUT2D eigenvalue weighted by molar-refractivity contribution is 8.00. The van der Waals surface area contributed by atoms with E-state index >= 15 is 0 Å². The van der Waals surface area contributed by atoms with Crippen molar-refractivity contribution >= 4 is 42.8 Å². The predicted octanol–water partition coefficient (Wildman–Crippen LogP) is 5.77. The molecule has 8 heteroatoms. The van der Waals surface area contributed by atoms with E-state index in [1.807, 2.05) is 52.4 Å². The number of fused-ring (bicyclic) bond motifs is 1. The molecule has 0 aliphatic carbocycles. The number of aromatic nitrogens is 2. The molecule has 4 rings (SSSR count). The number of ether oxygens (including phenoxy) is 1. The molecule has 0 saturated heterocycles. The molecular weight excluding hydrogens is 442 g/mol. The van der Waals surface area contributed by atoms with Crippen LogP contribution in [0.1, 0.15) is 27.5 Å². The minimum atomic E-state index is -1.10. The Balaban J connectivity index is 1.58. The first kappa shape index (κ1) is 22.3. The van der Waals surface area contributed by atoms with Crippen molar-refractivity contribution in [1.29, 1.82) is 0 Å². The van der Waals surface area contributed by atoms with Crippen LogP contribution in [0.25, 0.3) is 0 Å². The summed E-state index contributed by atoms with van der Waals surface area (Å²) in [5, 5.41) is 6.95. The van der Waals surface area contributed by atoms with Crippen molar-refractivity contribution in [2.45, 2.75) is 42.5 Å². The topological polar surface area (TPSA) is 47.4 Å². The average molecular weight is 472 g/mol. The zero-order valence-corrected chi connectivity index (χ0v) is 21.1. The molecule has 0 saturated carbocycles. The zero-order valence-electron chi connectivity index (χ0n) is 18.5. The highest BCUT2D eigenvalue weighted by atomic mass is 32.2. The van der Waals surface area contributed by atoms with Crippen LogP contribution in [0.3, 0.4) is 0 Å². The molecule has 1 aliphatic rings. The van der Waals surface area contributed by atoms with E-state index in [-0.39, 0.29) is 11.8 Å². The lowest BCUT2D eigenvalue weighted by Crippen LogP contribution is -2.40. The Morgan fingerprint density at radius 3 is 2.71 bits per heavy atom. The molecule has 5 nitrogen and oxygen atoms in total. The van der Waals surface area contributed by atoms with Gasteiger partial charge >= 0.3 is 0 Å². The third kappa shape index (κ3) is 4.97. The number of thiophene rings is 1. The molecule has 3 aromatic rings. The highest BCUT2D eigenvalue weighted by Crippen LogP contribution is 2.42. The van der Waals surface area contributed by atoms with Crippen LogP contribution in [-0.2, 0) is 11.5 Å². The van der Waals surface area contributed by atoms with E-state index in [1.54, 1.807) is 23.1 Å². The predicted molar refractivity (Wildman–Crippen MR) is 132 cm³/mol. The van der Waals surface area contributed by atoms with Gasteiger partial charge in [0.2, 0.25) is 0 Å². The van der Waals surface area contributed by atoms with E-state index in [4.69, 9.17) is 9.84 Å². The van der Waals surface area contributed by atoms with E-state index in [2.05, 4.69) is 31.1 Å². The standard InChI is InChI=1S/C23H29N3O2S2Si/c1-29-23-21-19(15-30-23)18(14-26(22(21)27)17-8-6-5-7-9-17)20-10-11-25(24-20)16-28-12-13-31(2,3)4/h5-11,15,18H,12-14,16H2,1-4H3. The van der Waals surface area contributed by atoms with Gasteiger partial charge in [0.15, 0.2) is 0 Å². The van der Waals surface area contributed by atoms with Crippen molar-refractivity contribution in [2.24, 2.45) is 0 Å². The number of amides is 1. The molecule has 1 aliphatic heterocycles. The minimum absolute atomic E-state index is 0.0493. The Bertz CT molecular complexity index is 1040. The molecule has 3 heterocycles. The first-order valence-electron chi connectivity index (χ1n) is 10.5. The molecule has 0 N–H and O–H groups in total. The molecule has 1 atom stereocenters. The lowest BCUT2D eigenvalue weighted by molar-refractivity contribution is 0.0782. The van der Waals surface area contributed by atoms with E-state index in [1.165, 1.54) is 0 Å². The number of anilines is 1. The highest BCUT2D eigenvalue weighted by Gasteiger charge is 2.37. The minimum Gasteiger partial charge on any atom is -0.360 e. The third-order valence-corrected chi connectivity index (χ3v) is 9.33. The first-order chi connectivity index (χ1) is 14.9. The van der Waals surface area contributed by atoms with Gasteiger partial charge in [-0.2, -0.15) is 5.10 Å². The number of para-hydroxylation sites is 1. The normalized spacial score (nSPS) is 16.6. The molecule has 31 heavy (non-hydrogen) atoms. The zero-order chi connectivity index (χ0) is 22.0. The summed E-state index contributed by atoms with van der Waals surface area (Å²) in [6.07, 6.45) is 4.01. The quantitative estimate of drug-likeness (QED) is 0.238. The van der Waals surface area contributed by atoms with Crippen molar-refractivity contribution < 1.29 is 9.53 Å². The second-order valence-electron chi connectivity index (χ2n) is 8.99. The monoisotopic (exact) mass is 471 g/mol. The molecule has 164 valence electrons. The van der Waals surface area contributed by atoms with Crippen LogP contribution in [0, 0.1) is 0 Å². The fraction of sp³-hybridized carbons (Fsp3) is 0.391. The Morgan fingerprint density at radius 1 is 1.23 bits per heavy atom. The number of nitrogens with zero attached hydrogens (tertiary/aromatic N) is 3. The number of carbonyl (C=O) groups is 1. The van der Waals surface area contributed by atoms with Crippen molar-refractivity contribution in [1.82, 2.24) is 9.78 Å². The Labute approximate surface area is 193 Å². The molecule has 1 aromatic carbocycles. The van der Waals surface area contributed by atoms with Gasteiger partial charge in [-0.1, -0.05) is 37.8 Å². The molecule has 0 spiro atoms. The molecule has 0 radical (unpaired) electrons. The summed E-state index contributed by atoms with van der Waals surface area (Å²) in [4.78, 5) is 15.3. The molecule has 0 fully saturated rings. The molecule has 1 unspecified atom stereocenters. The number of thioether (sulfide) groups is 1. The molecular formula is C23H29N3O2S2Si. The van der Waals surface area contributed by atoms with Crippen molar-refractivity contribution in [3.63, 3.8) is 0 Å². The van der Waals surface area contributed by atoms with Crippen molar-refractivity contribution in [3.8, 4) is 0 Å². The number of hydrogen-bond acceptors (Lipinski definition) is 5. The lowest BCUT2D eigenvalue weighted by atomic mass is 9.90. The number of carbonyl (C=O) groups excluding carboxylic acids is 1. The molecule has 0 bridgehead atoms. The summed E-state index contributed by atoms with van der Waals surface area (Å²) in [7, 11) is -1.10. The van der Waals surface area contributed by atoms with Gasteiger partial charge in [-0.15, -0.1) is 23.1 Å². The van der Waals surface area contributed by atoms with Crippen LogP contribution in [0.5, 0.6) is 0 Å². The maximum absolute atomic E-state index is 13.4. The van der Waals surface area contributed by atoms with Crippen LogP contribution in [0.15, 0.2) is 52.2 Å². The van der Waals surface area contributed by atoms with Gasteiger partial charge in [-0.3, -0.25) is 4.79 Å². The van der Waals surface area contributed by atoms with Crippen LogP contribution < -0.4 is 4.90 Å². The lowest BCUT2D eigenvalue weighted by Gasteiger charge is -2.32. The summed E-state index contributed by atoms with van der Waals surface area (Å²) < 4.78 is 8.80. The van der Waals surface area contributed by atoms with E-state index in [0.717, 1.165) is 39.4 Å². The fourth-order valence-electron chi connectivity index (χ4n) is 3.72. The Kier molecular flexibility index (Phi) is 6.71.